The molecule has 0 amide bonds. The van der Waals surface area contributed by atoms with Crippen molar-refractivity contribution in [3.05, 3.63) is 60.3 Å². The topological polar surface area (TPSA) is 61.4 Å². The van der Waals surface area contributed by atoms with Gasteiger partial charge in [0.05, 0.1) is 29.6 Å². The zero-order chi connectivity index (χ0) is 20.2. The summed E-state index contributed by atoms with van der Waals surface area (Å²) in [5, 5.41) is 9.55. The van der Waals surface area contributed by atoms with Crippen LogP contribution in [0, 0.1) is 11.8 Å². The van der Waals surface area contributed by atoms with E-state index < -0.39 is 0 Å². The number of nitrogens with zero attached hydrogens (tertiary/aromatic N) is 6. The van der Waals surface area contributed by atoms with E-state index in [1.165, 1.54) is 25.0 Å². The first-order valence-electron chi connectivity index (χ1n) is 11.0. The van der Waals surface area contributed by atoms with Crippen molar-refractivity contribution in [2.75, 3.05) is 0 Å². The second-order valence-electron chi connectivity index (χ2n) is 9.03. The molecule has 0 saturated heterocycles. The van der Waals surface area contributed by atoms with Gasteiger partial charge in [0.25, 0.3) is 0 Å². The van der Waals surface area contributed by atoms with Crippen LogP contribution in [0.3, 0.4) is 0 Å². The van der Waals surface area contributed by atoms with E-state index >= 15 is 0 Å². The predicted octanol–water partition coefficient (Wildman–Crippen LogP) is 4.83. The quantitative estimate of drug-likeness (QED) is 0.483. The van der Waals surface area contributed by atoms with Crippen molar-refractivity contribution in [2.45, 2.75) is 51.6 Å². The third-order valence-electron chi connectivity index (χ3n) is 6.83. The molecule has 1 unspecified atom stereocenters. The minimum atomic E-state index is 0.362. The van der Waals surface area contributed by atoms with E-state index in [0.717, 1.165) is 39.8 Å². The molecule has 0 N–H and O–H groups in total. The van der Waals surface area contributed by atoms with Crippen molar-refractivity contribution in [1.82, 2.24) is 29.5 Å². The molecule has 0 aliphatic heterocycles. The molecule has 4 aromatic heterocycles. The lowest BCUT2D eigenvalue weighted by molar-refractivity contribution is 0.497. The first-order valence-corrected chi connectivity index (χ1v) is 11.0. The number of rotatable bonds is 5. The Morgan fingerprint density at radius 2 is 1.93 bits per heavy atom. The molecule has 0 radical (unpaired) electrons. The van der Waals surface area contributed by atoms with E-state index in [2.05, 4.69) is 45.7 Å². The highest BCUT2D eigenvalue weighted by atomic mass is 15.3. The van der Waals surface area contributed by atoms with Crippen LogP contribution in [-0.2, 0) is 6.54 Å². The first-order chi connectivity index (χ1) is 14.7. The van der Waals surface area contributed by atoms with Gasteiger partial charge in [-0.05, 0) is 62.8 Å². The normalized spacial score (nSPS) is 22.7. The van der Waals surface area contributed by atoms with Gasteiger partial charge in [-0.3, -0.25) is 19.3 Å². The first kappa shape index (κ1) is 17.8. The smallest absolute Gasteiger partial charge is 0.108 e. The van der Waals surface area contributed by atoms with E-state index in [-0.39, 0.29) is 0 Å². The van der Waals surface area contributed by atoms with Crippen LogP contribution in [0.2, 0.25) is 0 Å². The Bertz CT molecular complexity index is 1200. The van der Waals surface area contributed by atoms with Gasteiger partial charge in [-0.1, -0.05) is 12.5 Å². The largest absolute Gasteiger partial charge is 0.266 e. The Labute approximate surface area is 176 Å². The second kappa shape index (κ2) is 6.76. The fourth-order valence-electron chi connectivity index (χ4n) is 5.34. The van der Waals surface area contributed by atoms with E-state index in [0.29, 0.717) is 18.5 Å². The standard InChI is InChI=1S/C24H26N6/c1-15(2)30-23(24-18-7-5-8-19(18)24)11-20(28-30)16-10-22-21(26-12-16)13-27-29(22)14-17-6-3-4-9-25-17/h3-4,6,9-13,15,18-19,24H,5,7-8,14H2,1-2H3/t18-,19+,24?. The maximum atomic E-state index is 5.01. The summed E-state index contributed by atoms with van der Waals surface area (Å²) in [4.78, 5) is 9.10. The number of pyridine rings is 2. The lowest BCUT2D eigenvalue weighted by atomic mass is 10.1. The van der Waals surface area contributed by atoms with Gasteiger partial charge in [-0.15, -0.1) is 0 Å². The van der Waals surface area contributed by atoms with Crippen molar-refractivity contribution in [3.8, 4) is 11.3 Å². The van der Waals surface area contributed by atoms with Gasteiger partial charge in [0, 0.05) is 35.6 Å². The van der Waals surface area contributed by atoms with E-state index in [4.69, 9.17) is 5.10 Å². The van der Waals surface area contributed by atoms with Gasteiger partial charge < -0.3 is 0 Å². The van der Waals surface area contributed by atoms with Crippen LogP contribution in [0.15, 0.2) is 48.9 Å². The molecular weight excluding hydrogens is 372 g/mol. The zero-order valence-corrected chi connectivity index (χ0v) is 17.4. The summed E-state index contributed by atoms with van der Waals surface area (Å²) in [6.07, 6.45) is 9.74. The highest BCUT2D eigenvalue weighted by Gasteiger charge is 2.54. The number of aromatic nitrogens is 6. The molecule has 6 nitrogen and oxygen atoms in total. The Kier molecular flexibility index (Phi) is 4.01. The lowest BCUT2D eigenvalue weighted by Crippen LogP contribution is -2.08. The molecule has 2 fully saturated rings. The molecule has 4 aromatic rings. The van der Waals surface area contributed by atoms with Gasteiger partial charge >= 0.3 is 0 Å². The monoisotopic (exact) mass is 398 g/mol. The van der Waals surface area contributed by atoms with Crippen LogP contribution in [-0.4, -0.2) is 29.5 Å². The van der Waals surface area contributed by atoms with Gasteiger partial charge in [0.15, 0.2) is 0 Å². The van der Waals surface area contributed by atoms with Crippen LogP contribution in [0.25, 0.3) is 22.3 Å². The highest BCUT2D eigenvalue weighted by molar-refractivity contribution is 5.79. The van der Waals surface area contributed by atoms with Crippen LogP contribution in [0.1, 0.15) is 56.5 Å². The molecule has 6 rings (SSSR count). The average Bonchev–Trinajstić information content (AvgIpc) is 3.21. The number of hydrogen-bond donors (Lipinski definition) is 0. The fourth-order valence-corrected chi connectivity index (χ4v) is 5.34. The molecule has 4 heterocycles. The molecule has 2 aliphatic carbocycles. The van der Waals surface area contributed by atoms with Crippen molar-refractivity contribution in [1.29, 1.82) is 0 Å². The van der Waals surface area contributed by atoms with E-state index in [1.807, 2.05) is 41.5 Å². The van der Waals surface area contributed by atoms with Crippen LogP contribution >= 0.6 is 0 Å². The SMILES string of the molecule is CC(C)n1nc(-c2cnc3cnn(Cc4ccccn4)c3c2)cc1C1[C@H]2CCC[C@@H]12. The van der Waals surface area contributed by atoms with E-state index in [1.54, 1.807) is 0 Å². The summed E-state index contributed by atoms with van der Waals surface area (Å²) in [5.41, 5.74) is 6.38. The Balaban J connectivity index is 1.37. The molecule has 6 heteroatoms. The zero-order valence-electron chi connectivity index (χ0n) is 17.4. The maximum Gasteiger partial charge on any atom is 0.108 e. The van der Waals surface area contributed by atoms with Crippen molar-refractivity contribution < 1.29 is 0 Å². The molecule has 2 aliphatic rings. The van der Waals surface area contributed by atoms with Crippen molar-refractivity contribution in [3.63, 3.8) is 0 Å². The number of fused-ring (bicyclic) bond motifs is 2. The Morgan fingerprint density at radius 3 is 2.70 bits per heavy atom. The molecule has 3 atom stereocenters. The third kappa shape index (κ3) is 2.85. The summed E-state index contributed by atoms with van der Waals surface area (Å²) in [5.74, 6) is 2.47. The highest BCUT2D eigenvalue weighted by Crippen LogP contribution is 2.63. The van der Waals surface area contributed by atoms with Gasteiger partial charge in [-0.25, -0.2) is 0 Å². The lowest BCUT2D eigenvalue weighted by Gasteiger charge is -2.11. The molecule has 30 heavy (non-hydrogen) atoms. The molecule has 152 valence electrons. The Hall–Kier alpha value is -3.02. The Morgan fingerprint density at radius 1 is 1.07 bits per heavy atom. The maximum absolute atomic E-state index is 5.01. The summed E-state index contributed by atoms with van der Waals surface area (Å²) < 4.78 is 4.22. The predicted molar refractivity (Wildman–Crippen MR) is 116 cm³/mol. The summed E-state index contributed by atoms with van der Waals surface area (Å²) in [6.45, 7) is 5.08. The van der Waals surface area contributed by atoms with Crippen LogP contribution in [0.4, 0.5) is 0 Å². The van der Waals surface area contributed by atoms with Crippen LogP contribution in [0.5, 0.6) is 0 Å². The fraction of sp³-hybridized carbons (Fsp3) is 0.417. The van der Waals surface area contributed by atoms with Gasteiger partial charge in [0.2, 0.25) is 0 Å². The van der Waals surface area contributed by atoms with E-state index in [9.17, 15) is 0 Å². The minimum Gasteiger partial charge on any atom is -0.266 e. The van der Waals surface area contributed by atoms with Gasteiger partial charge in [-0.2, -0.15) is 10.2 Å². The molecule has 0 bridgehead atoms. The summed E-state index contributed by atoms with van der Waals surface area (Å²) >= 11 is 0. The third-order valence-corrected chi connectivity index (χ3v) is 6.83. The molecule has 0 spiro atoms. The molecular formula is C24H26N6. The van der Waals surface area contributed by atoms with Crippen molar-refractivity contribution in [2.24, 2.45) is 11.8 Å². The average molecular weight is 399 g/mol. The second-order valence-corrected chi connectivity index (χ2v) is 9.03. The van der Waals surface area contributed by atoms with Crippen molar-refractivity contribution >= 4 is 11.0 Å². The molecule has 0 aromatic carbocycles. The summed E-state index contributed by atoms with van der Waals surface area (Å²) in [6, 6.07) is 10.8. The number of hydrogen-bond acceptors (Lipinski definition) is 4. The minimum absolute atomic E-state index is 0.362. The van der Waals surface area contributed by atoms with Gasteiger partial charge in [0.1, 0.15) is 5.52 Å². The molecule has 2 saturated carbocycles. The van der Waals surface area contributed by atoms with Crippen LogP contribution < -0.4 is 0 Å². The summed E-state index contributed by atoms with van der Waals surface area (Å²) in [7, 11) is 0.